The van der Waals surface area contributed by atoms with Gasteiger partial charge in [-0.05, 0) is 67.3 Å². The number of rotatable bonds is 6. The average Bonchev–Trinajstić information content (AvgIpc) is 2.92. The van der Waals surface area contributed by atoms with Crippen LogP contribution in [0.2, 0.25) is 0 Å². The van der Waals surface area contributed by atoms with E-state index in [0.717, 1.165) is 49.7 Å². The van der Waals surface area contributed by atoms with Gasteiger partial charge in [-0.15, -0.1) is 0 Å². The van der Waals surface area contributed by atoms with Gasteiger partial charge in [0.1, 0.15) is 30.5 Å². The highest BCUT2D eigenvalue weighted by atomic mass is 16.5. The average molecular weight is 392 g/mol. The molecule has 0 radical (unpaired) electrons. The van der Waals surface area contributed by atoms with Crippen LogP contribution in [0.4, 0.5) is 0 Å². The molecule has 1 N–H and O–H groups in total. The summed E-state index contributed by atoms with van der Waals surface area (Å²) in [5.74, 6) is 2.66. The largest absolute Gasteiger partial charge is 0.497 e. The molecule has 2 aromatic carbocycles. The van der Waals surface area contributed by atoms with Crippen LogP contribution in [0.1, 0.15) is 23.2 Å². The van der Waals surface area contributed by atoms with Gasteiger partial charge in [-0.1, -0.05) is 6.07 Å². The quantitative estimate of drug-likeness (QED) is 0.649. The van der Waals surface area contributed by atoms with Gasteiger partial charge < -0.3 is 24.1 Å². The van der Waals surface area contributed by atoms with Gasteiger partial charge in [-0.25, -0.2) is 0 Å². The van der Waals surface area contributed by atoms with E-state index in [1.54, 1.807) is 7.11 Å². The number of ether oxygens (including phenoxy) is 3. The van der Waals surface area contributed by atoms with E-state index >= 15 is 0 Å². The molecule has 0 atom stereocenters. The minimum atomic E-state index is 0.514. The van der Waals surface area contributed by atoms with E-state index in [1.165, 1.54) is 40.6 Å². The molecule has 3 aromatic rings. The second-order valence-corrected chi connectivity index (χ2v) is 7.75. The third-order valence-electron chi connectivity index (χ3n) is 6.06. The zero-order valence-corrected chi connectivity index (χ0v) is 17.0. The van der Waals surface area contributed by atoms with Gasteiger partial charge >= 0.3 is 0 Å². The number of hydrogen-bond donors (Lipinski definition) is 1. The highest BCUT2D eigenvalue weighted by Crippen LogP contribution is 2.39. The van der Waals surface area contributed by atoms with Crippen molar-refractivity contribution in [2.75, 3.05) is 33.4 Å². The second kappa shape index (κ2) is 7.99. The van der Waals surface area contributed by atoms with E-state index < -0.39 is 0 Å². The number of hydrogen-bond acceptors (Lipinski definition) is 4. The Morgan fingerprint density at radius 3 is 2.55 bits per heavy atom. The first kappa shape index (κ1) is 18.4. The molecule has 0 unspecified atom stereocenters. The van der Waals surface area contributed by atoms with Crippen LogP contribution in [0.15, 0.2) is 36.4 Å². The molecule has 5 nitrogen and oxygen atoms in total. The zero-order chi connectivity index (χ0) is 19.6. The Hall–Kier alpha value is -2.66. The zero-order valence-electron chi connectivity index (χ0n) is 17.0. The van der Waals surface area contributed by atoms with Crippen LogP contribution < -0.4 is 19.5 Å². The number of benzene rings is 2. The van der Waals surface area contributed by atoms with Crippen LogP contribution in [0, 0.1) is 0 Å². The Morgan fingerprint density at radius 2 is 1.69 bits per heavy atom. The molecule has 152 valence electrons. The summed E-state index contributed by atoms with van der Waals surface area (Å²) >= 11 is 0. The van der Waals surface area contributed by atoms with Gasteiger partial charge in [-0.3, -0.25) is 0 Å². The van der Waals surface area contributed by atoms with Gasteiger partial charge in [0.05, 0.1) is 12.6 Å². The predicted octanol–water partition coefficient (Wildman–Crippen LogP) is 3.74. The van der Waals surface area contributed by atoms with Gasteiger partial charge in [0.2, 0.25) is 0 Å². The van der Waals surface area contributed by atoms with Crippen molar-refractivity contribution < 1.29 is 14.2 Å². The van der Waals surface area contributed by atoms with Gasteiger partial charge in [0.15, 0.2) is 0 Å². The minimum absolute atomic E-state index is 0.514. The number of aromatic nitrogens is 1. The van der Waals surface area contributed by atoms with E-state index in [9.17, 15) is 0 Å². The number of methoxy groups -OCH3 is 1. The lowest BCUT2D eigenvalue weighted by molar-refractivity contribution is 0.218. The van der Waals surface area contributed by atoms with Crippen molar-refractivity contribution in [3.8, 4) is 17.2 Å². The van der Waals surface area contributed by atoms with Crippen molar-refractivity contribution in [1.82, 2.24) is 9.88 Å². The van der Waals surface area contributed by atoms with E-state index in [0.29, 0.717) is 13.2 Å². The predicted molar refractivity (Wildman–Crippen MR) is 115 cm³/mol. The normalized spacial score (nSPS) is 15.6. The van der Waals surface area contributed by atoms with Gasteiger partial charge in [-0.2, -0.15) is 0 Å². The minimum Gasteiger partial charge on any atom is -0.497 e. The number of aryl methyl sites for hydroxylation is 2. The molecule has 29 heavy (non-hydrogen) atoms. The summed E-state index contributed by atoms with van der Waals surface area (Å²) in [6.07, 6.45) is 4.57. The van der Waals surface area contributed by atoms with Crippen molar-refractivity contribution in [3.63, 3.8) is 0 Å². The SMILES string of the molecule is COc1ccc(OCCOc2ccc3c4c2c2c(n4CCC3)CCNCC2)cc1. The van der Waals surface area contributed by atoms with Crippen LogP contribution in [-0.4, -0.2) is 38.0 Å². The number of nitrogens with one attached hydrogen (secondary N) is 1. The highest BCUT2D eigenvalue weighted by molar-refractivity contribution is 5.94. The molecule has 0 saturated heterocycles. The lowest BCUT2D eigenvalue weighted by Gasteiger charge is -2.19. The van der Waals surface area contributed by atoms with Crippen molar-refractivity contribution >= 4 is 10.9 Å². The summed E-state index contributed by atoms with van der Waals surface area (Å²) in [7, 11) is 1.67. The summed E-state index contributed by atoms with van der Waals surface area (Å²) in [5.41, 5.74) is 5.88. The molecule has 5 rings (SSSR count). The topological polar surface area (TPSA) is 44.7 Å². The molecule has 0 aliphatic carbocycles. The Kier molecular flexibility index (Phi) is 5.06. The van der Waals surface area contributed by atoms with E-state index in [1.807, 2.05) is 24.3 Å². The van der Waals surface area contributed by atoms with Gasteiger partial charge in [0, 0.05) is 30.6 Å². The summed E-state index contributed by atoms with van der Waals surface area (Å²) in [5, 5.41) is 4.88. The van der Waals surface area contributed by atoms with E-state index in [2.05, 4.69) is 22.0 Å². The Bertz CT molecular complexity index is 1010. The Labute approximate surface area is 171 Å². The molecule has 0 amide bonds. The fraction of sp³-hybridized carbons (Fsp3) is 0.417. The molecule has 2 aliphatic rings. The Balaban J connectivity index is 1.36. The Morgan fingerprint density at radius 1 is 0.897 bits per heavy atom. The van der Waals surface area contributed by atoms with E-state index in [4.69, 9.17) is 14.2 Å². The molecule has 3 heterocycles. The lowest BCUT2D eigenvalue weighted by Crippen LogP contribution is -2.18. The fourth-order valence-electron chi connectivity index (χ4n) is 4.74. The summed E-state index contributed by atoms with van der Waals surface area (Å²) in [6, 6.07) is 12.1. The van der Waals surface area contributed by atoms with Gasteiger partial charge in [0.25, 0.3) is 0 Å². The van der Waals surface area contributed by atoms with Crippen molar-refractivity contribution in [2.45, 2.75) is 32.2 Å². The molecule has 0 spiro atoms. The first-order valence-corrected chi connectivity index (χ1v) is 10.6. The van der Waals surface area contributed by atoms with E-state index in [-0.39, 0.29) is 0 Å². The van der Waals surface area contributed by atoms with Crippen molar-refractivity contribution in [3.05, 3.63) is 53.2 Å². The number of nitrogens with zero attached hydrogens (tertiary/aromatic N) is 1. The third-order valence-corrected chi connectivity index (χ3v) is 6.06. The molecular weight excluding hydrogens is 364 g/mol. The fourth-order valence-corrected chi connectivity index (χ4v) is 4.74. The van der Waals surface area contributed by atoms with Crippen LogP contribution in [0.3, 0.4) is 0 Å². The van der Waals surface area contributed by atoms with Crippen LogP contribution in [0.25, 0.3) is 10.9 Å². The molecule has 5 heteroatoms. The monoisotopic (exact) mass is 392 g/mol. The first-order chi connectivity index (χ1) is 14.3. The summed E-state index contributed by atoms with van der Waals surface area (Å²) < 4.78 is 19.8. The lowest BCUT2D eigenvalue weighted by atomic mass is 10.0. The highest BCUT2D eigenvalue weighted by Gasteiger charge is 2.25. The molecule has 2 aliphatic heterocycles. The number of fused-ring (bicyclic) bond motifs is 3. The van der Waals surface area contributed by atoms with Crippen LogP contribution in [0.5, 0.6) is 17.2 Å². The molecular formula is C24H28N2O3. The standard InChI is InChI=1S/C24H28N2O3/c1-27-18-5-7-19(8-6-18)28-15-16-29-22-9-4-17-3-2-14-26-21-11-13-25-12-10-20(21)23(22)24(17)26/h4-9,25H,2-3,10-16H2,1H3. The first-order valence-electron chi connectivity index (χ1n) is 10.6. The van der Waals surface area contributed by atoms with Crippen molar-refractivity contribution in [2.24, 2.45) is 0 Å². The summed E-state index contributed by atoms with van der Waals surface area (Å²) in [4.78, 5) is 0. The smallest absolute Gasteiger partial charge is 0.129 e. The molecule has 0 bridgehead atoms. The van der Waals surface area contributed by atoms with Crippen LogP contribution in [-0.2, 0) is 25.8 Å². The van der Waals surface area contributed by atoms with Crippen molar-refractivity contribution in [1.29, 1.82) is 0 Å². The molecule has 1 aromatic heterocycles. The van der Waals surface area contributed by atoms with Crippen LogP contribution >= 0.6 is 0 Å². The maximum Gasteiger partial charge on any atom is 0.129 e. The summed E-state index contributed by atoms with van der Waals surface area (Å²) in [6.45, 7) is 4.27. The third kappa shape index (κ3) is 3.44. The maximum atomic E-state index is 6.25. The molecule has 0 saturated carbocycles. The molecule has 0 fully saturated rings. The second-order valence-electron chi connectivity index (χ2n) is 7.75. The maximum absolute atomic E-state index is 6.25.